The van der Waals surface area contributed by atoms with Crippen LogP contribution in [-0.4, -0.2) is 21.6 Å². The Morgan fingerprint density at radius 3 is 2.90 bits per heavy atom. The molecule has 0 saturated heterocycles. The molecule has 1 unspecified atom stereocenters. The highest BCUT2D eigenvalue weighted by Gasteiger charge is 2.18. The average molecular weight is 326 g/mol. The summed E-state index contributed by atoms with van der Waals surface area (Å²) in [6.07, 6.45) is 1.81. The van der Waals surface area contributed by atoms with Gasteiger partial charge in [0, 0.05) is 23.2 Å². The third-order valence-corrected chi connectivity index (χ3v) is 4.16. The van der Waals surface area contributed by atoms with E-state index in [0.29, 0.717) is 17.9 Å². The number of hydrogen-bond acceptors (Lipinski definition) is 4. The van der Waals surface area contributed by atoms with E-state index >= 15 is 0 Å². The standard InChI is InChI=1S/C14H13ClFN3OS/c1-8(15)14-18-11-3-10(16)13(20-2)4-12(11)19(14)6-9-5-17-7-21-9/h3-5,7-8H,6H2,1-2H3. The molecular formula is C14H13ClFN3OS. The minimum Gasteiger partial charge on any atom is -0.494 e. The van der Waals surface area contributed by atoms with Crippen LogP contribution in [0.5, 0.6) is 5.75 Å². The van der Waals surface area contributed by atoms with Crippen molar-refractivity contribution in [3.05, 3.63) is 40.4 Å². The van der Waals surface area contributed by atoms with Gasteiger partial charge in [-0.25, -0.2) is 9.37 Å². The maximum atomic E-state index is 13.8. The van der Waals surface area contributed by atoms with Crippen LogP contribution in [0.1, 0.15) is 23.0 Å². The second-order valence-corrected chi connectivity index (χ2v) is 6.24. The molecule has 110 valence electrons. The predicted octanol–water partition coefficient (Wildman–Crippen LogP) is 3.99. The van der Waals surface area contributed by atoms with Crippen LogP contribution in [0.25, 0.3) is 11.0 Å². The summed E-state index contributed by atoms with van der Waals surface area (Å²) < 4.78 is 20.9. The number of halogens is 2. The lowest BCUT2D eigenvalue weighted by Gasteiger charge is -2.09. The molecule has 0 aliphatic carbocycles. The highest BCUT2D eigenvalue weighted by atomic mass is 35.5. The van der Waals surface area contributed by atoms with Gasteiger partial charge >= 0.3 is 0 Å². The van der Waals surface area contributed by atoms with Gasteiger partial charge in [-0.05, 0) is 6.92 Å². The first-order chi connectivity index (χ1) is 10.1. The Kier molecular flexibility index (Phi) is 3.82. The molecule has 21 heavy (non-hydrogen) atoms. The summed E-state index contributed by atoms with van der Waals surface area (Å²) in [4.78, 5) is 9.60. The summed E-state index contributed by atoms with van der Waals surface area (Å²) in [6.45, 7) is 2.45. The smallest absolute Gasteiger partial charge is 0.167 e. The first-order valence-electron chi connectivity index (χ1n) is 6.35. The number of benzene rings is 1. The summed E-state index contributed by atoms with van der Waals surface area (Å²) in [5, 5.41) is -0.278. The first kappa shape index (κ1) is 14.3. The van der Waals surface area contributed by atoms with E-state index in [-0.39, 0.29) is 11.1 Å². The fourth-order valence-electron chi connectivity index (χ4n) is 2.25. The van der Waals surface area contributed by atoms with Crippen molar-refractivity contribution in [1.29, 1.82) is 0 Å². The van der Waals surface area contributed by atoms with Crippen LogP contribution in [-0.2, 0) is 6.54 Å². The maximum Gasteiger partial charge on any atom is 0.167 e. The van der Waals surface area contributed by atoms with Gasteiger partial charge in [0.15, 0.2) is 11.6 Å². The lowest BCUT2D eigenvalue weighted by Crippen LogP contribution is -2.05. The molecule has 2 aromatic heterocycles. The van der Waals surface area contributed by atoms with Gasteiger partial charge in [0.25, 0.3) is 0 Å². The number of methoxy groups -OCH3 is 1. The van der Waals surface area contributed by atoms with Crippen molar-refractivity contribution >= 4 is 34.0 Å². The second-order valence-electron chi connectivity index (χ2n) is 4.62. The normalized spacial score (nSPS) is 12.8. The largest absolute Gasteiger partial charge is 0.494 e. The predicted molar refractivity (Wildman–Crippen MR) is 81.7 cm³/mol. The number of alkyl halides is 1. The molecule has 0 saturated carbocycles. The van der Waals surface area contributed by atoms with Crippen LogP contribution in [0.15, 0.2) is 23.8 Å². The molecule has 0 radical (unpaired) electrons. The van der Waals surface area contributed by atoms with E-state index in [2.05, 4.69) is 9.97 Å². The van der Waals surface area contributed by atoms with Gasteiger partial charge in [-0.15, -0.1) is 22.9 Å². The van der Waals surface area contributed by atoms with Crippen LogP contribution in [0.2, 0.25) is 0 Å². The molecule has 1 atom stereocenters. The lowest BCUT2D eigenvalue weighted by molar-refractivity contribution is 0.387. The molecule has 0 bridgehead atoms. The Morgan fingerprint density at radius 2 is 2.29 bits per heavy atom. The molecule has 3 aromatic rings. The molecule has 4 nitrogen and oxygen atoms in total. The fourth-order valence-corrected chi connectivity index (χ4v) is 3.00. The van der Waals surface area contributed by atoms with Gasteiger partial charge in [0.2, 0.25) is 0 Å². The van der Waals surface area contributed by atoms with Crippen molar-refractivity contribution in [3.8, 4) is 5.75 Å². The Hall–Kier alpha value is -1.66. The van der Waals surface area contributed by atoms with E-state index < -0.39 is 5.82 Å². The van der Waals surface area contributed by atoms with Gasteiger partial charge < -0.3 is 9.30 Å². The van der Waals surface area contributed by atoms with E-state index in [4.69, 9.17) is 16.3 Å². The summed E-state index contributed by atoms with van der Waals surface area (Å²) in [7, 11) is 1.44. The van der Waals surface area contributed by atoms with Crippen LogP contribution in [0.3, 0.4) is 0 Å². The Labute approximate surface area is 130 Å². The van der Waals surface area contributed by atoms with Gasteiger partial charge in [0.1, 0.15) is 5.82 Å². The summed E-state index contributed by atoms with van der Waals surface area (Å²) >= 11 is 7.77. The number of rotatable bonds is 4. The summed E-state index contributed by atoms with van der Waals surface area (Å²) in [5.41, 5.74) is 3.14. The van der Waals surface area contributed by atoms with E-state index in [1.807, 2.05) is 11.5 Å². The number of hydrogen-bond donors (Lipinski definition) is 0. The van der Waals surface area contributed by atoms with Gasteiger partial charge in [-0.1, -0.05) is 0 Å². The minimum absolute atomic E-state index is 0.196. The van der Waals surface area contributed by atoms with Crippen LogP contribution in [0, 0.1) is 5.82 Å². The van der Waals surface area contributed by atoms with Gasteiger partial charge in [-0.3, -0.25) is 4.98 Å². The second kappa shape index (κ2) is 5.61. The zero-order chi connectivity index (χ0) is 15.0. The summed E-state index contributed by atoms with van der Waals surface area (Å²) in [5.74, 6) is 0.468. The molecule has 0 fully saturated rings. The van der Waals surface area contributed by atoms with Crippen LogP contribution < -0.4 is 4.74 Å². The third-order valence-electron chi connectivity index (χ3n) is 3.20. The number of ether oxygens (including phenoxy) is 1. The van der Waals surface area contributed by atoms with Gasteiger partial charge in [-0.2, -0.15) is 0 Å². The minimum atomic E-state index is -0.429. The zero-order valence-electron chi connectivity index (χ0n) is 11.5. The molecule has 0 aliphatic rings. The Balaban J connectivity index is 2.20. The van der Waals surface area contributed by atoms with E-state index in [0.717, 1.165) is 10.4 Å². The highest BCUT2D eigenvalue weighted by molar-refractivity contribution is 7.09. The van der Waals surface area contributed by atoms with Crippen LogP contribution in [0.4, 0.5) is 4.39 Å². The average Bonchev–Trinajstić information content (AvgIpc) is 3.06. The quantitative estimate of drug-likeness (QED) is 0.681. The number of imidazole rings is 1. The van der Waals surface area contributed by atoms with Crippen molar-refractivity contribution in [3.63, 3.8) is 0 Å². The van der Waals surface area contributed by atoms with Gasteiger partial charge in [0.05, 0.1) is 35.6 Å². The SMILES string of the molecule is COc1cc2c(cc1F)nc(C(C)Cl)n2Cc1cncs1. The third kappa shape index (κ3) is 2.61. The summed E-state index contributed by atoms with van der Waals surface area (Å²) in [6, 6.07) is 3.03. The molecule has 2 heterocycles. The van der Waals surface area contributed by atoms with Crippen molar-refractivity contribution in [2.75, 3.05) is 7.11 Å². The van der Waals surface area contributed by atoms with Crippen molar-refractivity contribution in [2.45, 2.75) is 18.8 Å². The van der Waals surface area contributed by atoms with Crippen LogP contribution >= 0.6 is 22.9 Å². The number of thiazole rings is 1. The molecule has 0 aliphatic heterocycles. The number of nitrogens with zero attached hydrogens (tertiary/aromatic N) is 3. The number of aromatic nitrogens is 3. The molecular weight excluding hydrogens is 313 g/mol. The molecule has 0 spiro atoms. The lowest BCUT2D eigenvalue weighted by atomic mass is 10.3. The molecule has 0 N–H and O–H groups in total. The zero-order valence-corrected chi connectivity index (χ0v) is 13.1. The molecule has 0 amide bonds. The van der Waals surface area contributed by atoms with Crippen molar-refractivity contribution in [1.82, 2.24) is 14.5 Å². The number of fused-ring (bicyclic) bond motifs is 1. The van der Waals surface area contributed by atoms with Crippen molar-refractivity contribution in [2.24, 2.45) is 0 Å². The van der Waals surface area contributed by atoms with E-state index in [1.54, 1.807) is 29.1 Å². The highest BCUT2D eigenvalue weighted by Crippen LogP contribution is 2.30. The maximum absolute atomic E-state index is 13.8. The monoisotopic (exact) mass is 325 g/mol. The van der Waals surface area contributed by atoms with Crippen molar-refractivity contribution < 1.29 is 9.13 Å². The molecule has 3 rings (SSSR count). The Bertz CT molecular complexity index is 770. The first-order valence-corrected chi connectivity index (χ1v) is 7.67. The Morgan fingerprint density at radius 1 is 1.48 bits per heavy atom. The fraction of sp³-hybridized carbons (Fsp3) is 0.286. The van der Waals surface area contributed by atoms with E-state index in [1.165, 1.54) is 13.2 Å². The molecule has 7 heteroatoms. The molecule has 1 aromatic carbocycles. The van der Waals surface area contributed by atoms with E-state index in [9.17, 15) is 4.39 Å². The topological polar surface area (TPSA) is 39.9 Å².